The maximum atomic E-state index is 12.5. The van der Waals surface area contributed by atoms with Gasteiger partial charge in [-0.1, -0.05) is 307 Å². The molecule has 1 amide bonds. The van der Waals surface area contributed by atoms with E-state index in [9.17, 15) is 19.8 Å². The Morgan fingerprint density at radius 1 is 0.373 bits per heavy atom. The van der Waals surface area contributed by atoms with Gasteiger partial charge in [-0.25, -0.2) is 0 Å². The molecule has 2 atom stereocenters. The van der Waals surface area contributed by atoms with Crippen molar-refractivity contribution in [1.29, 1.82) is 0 Å². The molecule has 6 nitrogen and oxygen atoms in total. The number of amides is 1. The molecule has 442 valence electrons. The van der Waals surface area contributed by atoms with Gasteiger partial charge in [0.25, 0.3) is 0 Å². The summed E-state index contributed by atoms with van der Waals surface area (Å²) in [6.07, 6.45) is 81.7. The number of carbonyl (C=O) groups excluding carboxylic acids is 2. The highest BCUT2D eigenvalue weighted by Crippen LogP contribution is 2.18. The van der Waals surface area contributed by atoms with Crippen LogP contribution in [-0.4, -0.2) is 47.4 Å². The fourth-order valence-corrected chi connectivity index (χ4v) is 10.5. The average Bonchev–Trinajstić information content (AvgIpc) is 3.41. The zero-order chi connectivity index (χ0) is 54.3. The molecule has 2 unspecified atom stereocenters. The van der Waals surface area contributed by atoms with E-state index in [1.807, 2.05) is 0 Å². The van der Waals surface area contributed by atoms with E-state index in [-0.39, 0.29) is 18.5 Å². The van der Waals surface area contributed by atoms with Crippen LogP contribution in [0.3, 0.4) is 0 Å². The number of allylic oxidation sites excluding steroid dienone is 6. The molecule has 0 radical (unpaired) electrons. The lowest BCUT2D eigenvalue weighted by Gasteiger charge is -2.22. The molecule has 0 saturated heterocycles. The summed E-state index contributed by atoms with van der Waals surface area (Å²) in [7, 11) is 0. The van der Waals surface area contributed by atoms with Crippen molar-refractivity contribution >= 4 is 11.9 Å². The number of nitrogens with one attached hydrogen (secondary N) is 1. The lowest BCUT2D eigenvalue weighted by molar-refractivity contribution is -0.143. The summed E-state index contributed by atoms with van der Waals surface area (Å²) < 4.78 is 5.48. The van der Waals surface area contributed by atoms with Crippen LogP contribution < -0.4 is 5.32 Å². The highest BCUT2D eigenvalue weighted by molar-refractivity contribution is 5.76. The van der Waals surface area contributed by atoms with E-state index in [2.05, 4.69) is 55.6 Å². The standard InChI is InChI=1S/C69H131NO5/c1-3-5-7-9-11-13-15-17-19-31-34-37-41-45-49-53-57-61-67(72)66(65-71)70-68(73)62-58-54-50-46-42-38-35-32-29-27-25-23-21-20-22-24-26-28-30-33-36-40-44-48-52-56-60-64-75-69(74)63-59-55-51-47-43-39-18-16-14-12-10-8-6-4-2/h16,18,20-21,24,26,66-67,71-72H,3-15,17,19,22-23,25,27-65H2,1-2H3,(H,70,73)/b18-16-,21-20-,26-24-. The Bertz CT molecular complexity index is 1210. The van der Waals surface area contributed by atoms with E-state index in [0.717, 1.165) is 51.4 Å². The zero-order valence-electron chi connectivity index (χ0n) is 50.5. The normalized spacial score (nSPS) is 12.7. The largest absolute Gasteiger partial charge is 0.466 e. The third-order valence-corrected chi connectivity index (χ3v) is 15.7. The first-order chi connectivity index (χ1) is 37.0. The number of carbonyl (C=O) groups is 2. The Kier molecular flexibility index (Phi) is 63.0. The molecule has 0 bridgehead atoms. The van der Waals surface area contributed by atoms with Crippen LogP contribution in [0.25, 0.3) is 0 Å². The Morgan fingerprint density at radius 3 is 1.03 bits per heavy atom. The molecule has 0 aliphatic carbocycles. The average molecular weight is 1050 g/mol. The number of aliphatic hydroxyl groups is 2. The molecular formula is C69H131NO5. The van der Waals surface area contributed by atoms with E-state index < -0.39 is 12.1 Å². The number of unbranched alkanes of at least 4 members (excludes halogenated alkanes) is 46. The van der Waals surface area contributed by atoms with Crippen LogP contribution in [0.1, 0.15) is 367 Å². The minimum Gasteiger partial charge on any atom is -0.466 e. The smallest absolute Gasteiger partial charge is 0.305 e. The summed E-state index contributed by atoms with van der Waals surface area (Å²) in [6.45, 7) is 4.96. The van der Waals surface area contributed by atoms with Crippen LogP contribution in [0.4, 0.5) is 0 Å². The van der Waals surface area contributed by atoms with Crippen molar-refractivity contribution in [1.82, 2.24) is 5.32 Å². The minimum atomic E-state index is -0.667. The second-order valence-corrected chi connectivity index (χ2v) is 23.1. The van der Waals surface area contributed by atoms with E-state index in [4.69, 9.17) is 4.74 Å². The third kappa shape index (κ3) is 61.2. The van der Waals surface area contributed by atoms with E-state index in [1.54, 1.807) is 0 Å². The Labute approximate surface area is 468 Å². The molecule has 3 N–H and O–H groups in total. The van der Waals surface area contributed by atoms with E-state index >= 15 is 0 Å². The third-order valence-electron chi connectivity index (χ3n) is 15.7. The number of hydrogen-bond donors (Lipinski definition) is 3. The Hall–Kier alpha value is -1.92. The van der Waals surface area contributed by atoms with Crippen molar-refractivity contribution in [3.63, 3.8) is 0 Å². The summed E-state index contributed by atoms with van der Waals surface area (Å²) in [6, 6.07) is -0.544. The van der Waals surface area contributed by atoms with Gasteiger partial charge in [0.15, 0.2) is 0 Å². The molecule has 75 heavy (non-hydrogen) atoms. The molecule has 0 aliphatic heterocycles. The first-order valence-corrected chi connectivity index (χ1v) is 33.7. The molecule has 0 rings (SSSR count). The van der Waals surface area contributed by atoms with Gasteiger partial charge in [-0.2, -0.15) is 0 Å². The second-order valence-electron chi connectivity index (χ2n) is 23.1. The van der Waals surface area contributed by atoms with Gasteiger partial charge in [-0.05, 0) is 83.5 Å². The van der Waals surface area contributed by atoms with Crippen molar-refractivity contribution in [2.45, 2.75) is 379 Å². The first kappa shape index (κ1) is 73.1. The second kappa shape index (κ2) is 64.6. The predicted octanol–water partition coefficient (Wildman–Crippen LogP) is 21.5. The predicted molar refractivity (Wildman–Crippen MR) is 329 cm³/mol. The fraction of sp³-hybridized carbons (Fsp3) is 0.884. The van der Waals surface area contributed by atoms with Gasteiger partial charge >= 0.3 is 5.97 Å². The number of ether oxygens (including phenoxy) is 1. The van der Waals surface area contributed by atoms with Crippen LogP contribution in [-0.2, 0) is 14.3 Å². The molecule has 0 saturated carbocycles. The SMILES string of the molecule is CCCCCCC/C=C\CCCCCCCC(=O)OCCCCCCCCCCC/C=C\C/C=C\CCCCCCCCCCCCCC(=O)NC(CO)C(O)CCCCCCCCCCCCCCCCCCC. The topological polar surface area (TPSA) is 95.9 Å². The Balaban J connectivity index is 3.42. The summed E-state index contributed by atoms with van der Waals surface area (Å²) in [5.41, 5.74) is 0. The molecule has 0 aliphatic rings. The van der Waals surface area contributed by atoms with Crippen molar-refractivity contribution in [3.05, 3.63) is 36.5 Å². The quantitative estimate of drug-likeness (QED) is 0.0320. The number of aliphatic hydroxyl groups excluding tert-OH is 2. The molecule has 0 spiro atoms. The summed E-state index contributed by atoms with van der Waals surface area (Å²) in [5.74, 6) is -0.0332. The maximum absolute atomic E-state index is 12.5. The minimum absolute atomic E-state index is 0.00236. The highest BCUT2D eigenvalue weighted by Gasteiger charge is 2.20. The molecule has 0 aromatic carbocycles. The fourth-order valence-electron chi connectivity index (χ4n) is 10.5. The Morgan fingerprint density at radius 2 is 0.667 bits per heavy atom. The maximum Gasteiger partial charge on any atom is 0.305 e. The zero-order valence-corrected chi connectivity index (χ0v) is 50.5. The molecule has 0 aromatic rings. The van der Waals surface area contributed by atoms with Gasteiger partial charge in [-0.3, -0.25) is 9.59 Å². The van der Waals surface area contributed by atoms with E-state index in [0.29, 0.717) is 25.9 Å². The van der Waals surface area contributed by atoms with Gasteiger partial charge in [0.05, 0.1) is 25.4 Å². The van der Waals surface area contributed by atoms with Gasteiger partial charge in [-0.15, -0.1) is 0 Å². The monoisotopic (exact) mass is 1050 g/mol. The van der Waals surface area contributed by atoms with Gasteiger partial charge < -0.3 is 20.3 Å². The number of rotatable bonds is 63. The van der Waals surface area contributed by atoms with Gasteiger partial charge in [0, 0.05) is 12.8 Å². The lowest BCUT2D eigenvalue weighted by Crippen LogP contribution is -2.45. The molecule has 0 heterocycles. The number of hydrogen-bond acceptors (Lipinski definition) is 5. The van der Waals surface area contributed by atoms with Crippen LogP contribution in [0.5, 0.6) is 0 Å². The van der Waals surface area contributed by atoms with Gasteiger partial charge in [0.2, 0.25) is 5.91 Å². The summed E-state index contributed by atoms with van der Waals surface area (Å²) in [5, 5.41) is 23.3. The summed E-state index contributed by atoms with van der Waals surface area (Å²) >= 11 is 0. The number of esters is 1. The first-order valence-electron chi connectivity index (χ1n) is 33.7. The molecule has 0 aromatic heterocycles. The van der Waals surface area contributed by atoms with E-state index in [1.165, 1.54) is 283 Å². The van der Waals surface area contributed by atoms with Gasteiger partial charge in [0.1, 0.15) is 0 Å². The highest BCUT2D eigenvalue weighted by atomic mass is 16.5. The van der Waals surface area contributed by atoms with Crippen molar-refractivity contribution in [2.24, 2.45) is 0 Å². The van der Waals surface area contributed by atoms with Crippen LogP contribution in [0, 0.1) is 0 Å². The van der Waals surface area contributed by atoms with Crippen molar-refractivity contribution < 1.29 is 24.5 Å². The van der Waals surface area contributed by atoms with Crippen molar-refractivity contribution in [3.8, 4) is 0 Å². The van der Waals surface area contributed by atoms with Crippen molar-refractivity contribution in [2.75, 3.05) is 13.2 Å². The summed E-state index contributed by atoms with van der Waals surface area (Å²) in [4.78, 5) is 24.6. The molecule has 6 heteroatoms. The van der Waals surface area contributed by atoms with Crippen LogP contribution >= 0.6 is 0 Å². The van der Waals surface area contributed by atoms with Crippen LogP contribution in [0.2, 0.25) is 0 Å². The lowest BCUT2D eigenvalue weighted by atomic mass is 10.0. The molecule has 0 fully saturated rings. The van der Waals surface area contributed by atoms with Crippen LogP contribution in [0.15, 0.2) is 36.5 Å². The molecular weight excluding hydrogens is 923 g/mol.